The smallest absolute Gasteiger partial charge is 0.253 e. The van der Waals surface area contributed by atoms with Crippen molar-refractivity contribution < 1.29 is 14.9 Å². The molecule has 5 N–H and O–H groups in total. The first kappa shape index (κ1) is 44.0. The third kappa shape index (κ3) is 9.57. The Morgan fingerprint density at radius 2 is 1.03 bits per heavy atom. The van der Waals surface area contributed by atoms with Crippen molar-refractivity contribution >= 4 is 44.6 Å². The fourth-order valence-electron chi connectivity index (χ4n) is 7.20. The number of nitrogens with zero attached hydrogens (tertiary/aromatic N) is 5. The number of aromatic nitrogens is 6. The maximum Gasteiger partial charge on any atom is 0.253 e. The molecule has 8 aromatic rings. The van der Waals surface area contributed by atoms with E-state index >= 15 is 0 Å². The summed E-state index contributed by atoms with van der Waals surface area (Å²) in [5.74, 6) is 1.35. The van der Waals surface area contributed by atoms with Crippen molar-refractivity contribution in [3.63, 3.8) is 0 Å². The van der Waals surface area contributed by atoms with E-state index in [2.05, 4.69) is 91.9 Å². The van der Waals surface area contributed by atoms with E-state index in [1.54, 1.807) is 59.6 Å². The van der Waals surface area contributed by atoms with Crippen LogP contribution in [0.2, 0.25) is 0 Å². The number of aliphatic hydroxyl groups is 2. The first-order valence-corrected chi connectivity index (χ1v) is 20.7. The molecule has 0 atom stereocenters. The van der Waals surface area contributed by atoms with Gasteiger partial charge in [0.25, 0.3) is 5.56 Å². The lowest BCUT2D eigenvalue weighted by Gasteiger charge is -2.18. The zero-order valence-electron chi connectivity index (χ0n) is 37.7. The summed E-state index contributed by atoms with van der Waals surface area (Å²) in [5, 5.41) is 29.2. The number of hydrogen-bond acceptors (Lipinski definition) is 11. The van der Waals surface area contributed by atoms with Crippen molar-refractivity contribution in [2.24, 2.45) is 0 Å². The van der Waals surface area contributed by atoms with E-state index in [0.29, 0.717) is 23.1 Å². The number of H-pyrrole nitrogens is 1. The van der Waals surface area contributed by atoms with Gasteiger partial charge in [-0.2, -0.15) is 0 Å². The highest BCUT2D eigenvalue weighted by Crippen LogP contribution is 2.38. The predicted octanol–water partition coefficient (Wildman–Crippen LogP) is 10.5. The first-order chi connectivity index (χ1) is 29.8. The molecule has 0 radical (unpaired) electrons. The Hall–Kier alpha value is -7.02. The van der Waals surface area contributed by atoms with E-state index in [4.69, 9.17) is 9.72 Å². The number of anilines is 4. The minimum absolute atomic E-state index is 0.120. The lowest BCUT2D eigenvalue weighted by atomic mass is 10.0. The second kappa shape index (κ2) is 17.4. The van der Waals surface area contributed by atoms with Crippen molar-refractivity contribution in [2.75, 3.05) is 17.7 Å². The number of ether oxygens (including phenoxy) is 1. The standard InChI is InChI=1S/C26H28N4O2.C25H26N4O2/c1-15-7-8-16(2)22(11-15)29-23-17(3)24(32-6)30-21-10-9-18(12-20(21)23)19-13-27-25(28-14-19)26(4,5)31;1-14-6-7-15(2)21(10-14)28-22-16(3)23(30)29-20-9-8-17(11-19(20)22)18-12-26-24(27-13-18)25(4,5)31/h7-14,31H,1-6H3,(H,29,30);6-13,31H,1-5H3,(H2,28,29,30). The molecule has 0 spiro atoms. The topological polar surface area (TPSA) is 171 Å². The molecule has 12 heteroatoms. The number of rotatable bonds is 9. The van der Waals surface area contributed by atoms with Gasteiger partial charge in [0, 0.05) is 69.2 Å². The fraction of sp³-hybridized carbons (Fsp3) is 0.255. The molecule has 0 amide bonds. The van der Waals surface area contributed by atoms with Crippen LogP contribution in [-0.4, -0.2) is 47.2 Å². The molecule has 8 rings (SSSR count). The van der Waals surface area contributed by atoms with E-state index in [1.807, 2.05) is 58.0 Å². The summed E-state index contributed by atoms with van der Waals surface area (Å²) in [7, 11) is 1.64. The Morgan fingerprint density at radius 3 is 1.51 bits per heavy atom. The molecule has 0 fully saturated rings. The third-order valence-electron chi connectivity index (χ3n) is 11.0. The summed E-state index contributed by atoms with van der Waals surface area (Å²) in [4.78, 5) is 37.5. The van der Waals surface area contributed by atoms with E-state index in [-0.39, 0.29) is 5.56 Å². The van der Waals surface area contributed by atoms with Crippen LogP contribution in [0.1, 0.15) is 72.7 Å². The number of nitrogens with one attached hydrogen (secondary N) is 3. The molecule has 63 heavy (non-hydrogen) atoms. The summed E-state index contributed by atoms with van der Waals surface area (Å²) in [6, 6.07) is 24.5. The molecule has 322 valence electrons. The van der Waals surface area contributed by atoms with E-state index in [1.165, 1.54) is 5.56 Å². The van der Waals surface area contributed by atoms with Gasteiger partial charge in [-0.05, 0) is 139 Å². The van der Waals surface area contributed by atoms with Crippen LogP contribution in [0, 0.1) is 41.5 Å². The molecule has 4 heterocycles. The molecule has 0 bridgehead atoms. The Balaban J connectivity index is 0.000000189. The van der Waals surface area contributed by atoms with Gasteiger partial charge in [0.1, 0.15) is 11.2 Å². The molecule has 0 aliphatic carbocycles. The summed E-state index contributed by atoms with van der Waals surface area (Å²) < 4.78 is 5.55. The van der Waals surface area contributed by atoms with Gasteiger partial charge in [-0.3, -0.25) is 4.79 Å². The number of aryl methyl sites for hydroxylation is 4. The van der Waals surface area contributed by atoms with Crippen LogP contribution in [0.25, 0.3) is 44.1 Å². The highest BCUT2D eigenvalue weighted by molar-refractivity contribution is 5.99. The number of aromatic amines is 1. The predicted molar refractivity (Wildman–Crippen MR) is 253 cm³/mol. The van der Waals surface area contributed by atoms with Gasteiger partial charge in [0.15, 0.2) is 11.6 Å². The SMILES string of the molecule is COc1nc2ccc(-c3cnc(C(C)(C)O)nc3)cc2c(Nc2cc(C)ccc2C)c1C.Cc1ccc(C)c(Nc2c(C)c(=O)[nH]c3ccc(-c4cnc(C(C)(C)O)nc4)cc23)c1. The summed E-state index contributed by atoms with van der Waals surface area (Å²) >= 11 is 0. The molecular formula is C51H54N8O4. The molecule has 0 aliphatic rings. The Labute approximate surface area is 367 Å². The first-order valence-electron chi connectivity index (χ1n) is 20.7. The van der Waals surface area contributed by atoms with Gasteiger partial charge in [0.2, 0.25) is 5.88 Å². The van der Waals surface area contributed by atoms with Gasteiger partial charge in [-0.25, -0.2) is 24.9 Å². The molecule has 0 saturated carbocycles. The Kier molecular flexibility index (Phi) is 12.2. The molecule has 12 nitrogen and oxygen atoms in total. The minimum atomic E-state index is -1.10. The van der Waals surface area contributed by atoms with Crippen LogP contribution < -0.4 is 20.9 Å². The average Bonchev–Trinajstić information content (AvgIpc) is 3.25. The zero-order valence-corrected chi connectivity index (χ0v) is 37.7. The second-order valence-electron chi connectivity index (χ2n) is 17.2. The molecule has 0 saturated heterocycles. The maximum absolute atomic E-state index is 12.5. The number of methoxy groups -OCH3 is 1. The highest BCUT2D eigenvalue weighted by Gasteiger charge is 2.21. The Morgan fingerprint density at radius 1 is 0.571 bits per heavy atom. The normalized spacial score (nSPS) is 11.6. The molecule has 0 aliphatic heterocycles. The second-order valence-corrected chi connectivity index (χ2v) is 17.2. The Bertz CT molecular complexity index is 3040. The van der Waals surface area contributed by atoms with Crippen LogP contribution in [0.5, 0.6) is 5.88 Å². The van der Waals surface area contributed by atoms with Gasteiger partial charge in [-0.15, -0.1) is 0 Å². The third-order valence-corrected chi connectivity index (χ3v) is 11.0. The molecule has 4 aromatic heterocycles. The number of pyridine rings is 2. The lowest BCUT2D eigenvalue weighted by molar-refractivity contribution is 0.0682. The molecule has 4 aromatic carbocycles. The van der Waals surface area contributed by atoms with Crippen LogP contribution in [0.3, 0.4) is 0 Å². The van der Waals surface area contributed by atoms with Crippen molar-refractivity contribution in [2.45, 2.75) is 80.4 Å². The number of benzene rings is 4. The van der Waals surface area contributed by atoms with Gasteiger partial charge in [0.05, 0.1) is 29.5 Å². The van der Waals surface area contributed by atoms with Gasteiger partial charge >= 0.3 is 0 Å². The van der Waals surface area contributed by atoms with Crippen LogP contribution in [0.4, 0.5) is 22.7 Å². The number of hydrogen-bond donors (Lipinski definition) is 5. The average molecular weight is 843 g/mol. The van der Waals surface area contributed by atoms with E-state index < -0.39 is 11.2 Å². The van der Waals surface area contributed by atoms with Crippen LogP contribution in [0.15, 0.2) is 102 Å². The monoisotopic (exact) mass is 842 g/mol. The minimum Gasteiger partial charge on any atom is -0.481 e. The fourth-order valence-corrected chi connectivity index (χ4v) is 7.20. The summed E-state index contributed by atoms with van der Waals surface area (Å²) in [5.41, 5.74) is 12.8. The van der Waals surface area contributed by atoms with Crippen molar-refractivity contribution in [3.05, 3.63) is 153 Å². The molecular weight excluding hydrogens is 789 g/mol. The lowest BCUT2D eigenvalue weighted by Crippen LogP contribution is -2.19. The van der Waals surface area contributed by atoms with Gasteiger partial charge in [-0.1, -0.05) is 36.4 Å². The quantitative estimate of drug-likeness (QED) is 0.0937. The highest BCUT2D eigenvalue weighted by atomic mass is 16.5. The number of fused-ring (bicyclic) bond motifs is 2. The summed E-state index contributed by atoms with van der Waals surface area (Å²) in [6.45, 7) is 18.7. The van der Waals surface area contributed by atoms with Crippen LogP contribution in [-0.2, 0) is 11.2 Å². The largest absolute Gasteiger partial charge is 0.481 e. The summed E-state index contributed by atoms with van der Waals surface area (Å²) in [6.07, 6.45) is 6.89. The van der Waals surface area contributed by atoms with Crippen molar-refractivity contribution in [3.8, 4) is 28.1 Å². The van der Waals surface area contributed by atoms with Crippen molar-refractivity contribution in [1.29, 1.82) is 0 Å². The van der Waals surface area contributed by atoms with Gasteiger partial charge < -0.3 is 30.6 Å². The zero-order chi connectivity index (χ0) is 45.4. The van der Waals surface area contributed by atoms with E-state index in [9.17, 15) is 15.0 Å². The van der Waals surface area contributed by atoms with Crippen LogP contribution >= 0.6 is 0 Å². The molecule has 0 unspecified atom stereocenters. The van der Waals surface area contributed by atoms with Crippen molar-refractivity contribution in [1.82, 2.24) is 29.9 Å². The van der Waals surface area contributed by atoms with E-state index in [0.717, 1.165) is 89.1 Å². The maximum atomic E-state index is 12.5.